The zero-order chi connectivity index (χ0) is 24.1. The van der Waals surface area contributed by atoms with Crippen molar-refractivity contribution in [1.29, 1.82) is 0 Å². The SMILES string of the molecule is CC(Nc1ccc(C(=O)Nc2ccc(C(=O)N(C)C)c(Cl)c2)cc1[N+](=O)[O-])c1ccccn1. The predicted molar refractivity (Wildman–Crippen MR) is 127 cm³/mol. The summed E-state index contributed by atoms with van der Waals surface area (Å²) in [5.74, 6) is -0.818. The molecule has 0 aliphatic rings. The lowest BCUT2D eigenvalue weighted by atomic mass is 10.1. The Morgan fingerprint density at radius 2 is 1.88 bits per heavy atom. The summed E-state index contributed by atoms with van der Waals surface area (Å²) < 4.78 is 0. The highest BCUT2D eigenvalue weighted by Crippen LogP contribution is 2.29. The van der Waals surface area contributed by atoms with Gasteiger partial charge in [-0.25, -0.2) is 0 Å². The first-order chi connectivity index (χ1) is 15.7. The molecule has 2 amide bonds. The fraction of sp³-hybridized carbons (Fsp3) is 0.174. The minimum atomic E-state index is -0.553. The second-order valence-corrected chi connectivity index (χ2v) is 7.87. The van der Waals surface area contributed by atoms with Gasteiger partial charge in [-0.3, -0.25) is 24.7 Å². The fourth-order valence-corrected chi connectivity index (χ4v) is 3.36. The molecule has 0 saturated heterocycles. The lowest BCUT2D eigenvalue weighted by Gasteiger charge is -2.15. The van der Waals surface area contributed by atoms with Gasteiger partial charge in [0.25, 0.3) is 17.5 Å². The summed E-state index contributed by atoms with van der Waals surface area (Å²) in [5, 5.41) is 17.5. The Hall–Kier alpha value is -3.98. The molecule has 33 heavy (non-hydrogen) atoms. The molecular weight excluding hydrogens is 446 g/mol. The topological polar surface area (TPSA) is 117 Å². The highest BCUT2D eigenvalue weighted by molar-refractivity contribution is 6.34. The highest BCUT2D eigenvalue weighted by Gasteiger charge is 2.20. The molecule has 1 heterocycles. The molecule has 9 nitrogen and oxygen atoms in total. The van der Waals surface area contributed by atoms with Gasteiger partial charge >= 0.3 is 0 Å². The number of carbonyl (C=O) groups excluding carboxylic acids is 2. The van der Waals surface area contributed by atoms with Crippen molar-refractivity contribution in [3.05, 3.63) is 92.8 Å². The molecule has 0 fully saturated rings. The summed E-state index contributed by atoms with van der Waals surface area (Å²) in [4.78, 5) is 41.5. The molecule has 2 N–H and O–H groups in total. The Balaban J connectivity index is 1.80. The number of benzene rings is 2. The molecule has 1 unspecified atom stereocenters. The van der Waals surface area contributed by atoms with Gasteiger partial charge in [-0.1, -0.05) is 17.7 Å². The third-order valence-electron chi connectivity index (χ3n) is 4.82. The zero-order valence-electron chi connectivity index (χ0n) is 18.2. The first-order valence-electron chi connectivity index (χ1n) is 9.96. The van der Waals surface area contributed by atoms with Gasteiger partial charge in [-0.15, -0.1) is 0 Å². The van der Waals surface area contributed by atoms with Crippen molar-refractivity contribution < 1.29 is 14.5 Å². The smallest absolute Gasteiger partial charge is 0.293 e. The minimum absolute atomic E-state index is 0.0994. The predicted octanol–water partition coefficient (Wildman–Crippen LogP) is 4.77. The number of amides is 2. The average Bonchev–Trinajstić information content (AvgIpc) is 2.79. The summed E-state index contributed by atoms with van der Waals surface area (Å²) >= 11 is 6.18. The Bertz CT molecular complexity index is 1200. The van der Waals surface area contributed by atoms with E-state index in [2.05, 4.69) is 15.6 Å². The number of nitro groups is 1. The molecule has 0 saturated carbocycles. The summed E-state index contributed by atoms with van der Waals surface area (Å²) in [5.41, 5.74) is 1.50. The number of nitrogens with zero attached hydrogens (tertiary/aromatic N) is 3. The van der Waals surface area contributed by atoms with E-state index < -0.39 is 10.8 Å². The van der Waals surface area contributed by atoms with Crippen LogP contribution in [0.3, 0.4) is 0 Å². The van der Waals surface area contributed by atoms with E-state index in [0.29, 0.717) is 11.3 Å². The number of carbonyl (C=O) groups is 2. The van der Waals surface area contributed by atoms with Gasteiger partial charge in [0.1, 0.15) is 5.69 Å². The molecule has 2 aromatic carbocycles. The molecule has 0 bridgehead atoms. The van der Waals surface area contributed by atoms with Crippen LogP contribution in [0.2, 0.25) is 5.02 Å². The first-order valence-corrected chi connectivity index (χ1v) is 10.3. The van der Waals surface area contributed by atoms with E-state index in [0.717, 1.165) is 5.69 Å². The molecule has 170 valence electrons. The second-order valence-electron chi connectivity index (χ2n) is 7.46. The van der Waals surface area contributed by atoms with Gasteiger partial charge in [0, 0.05) is 37.6 Å². The molecule has 0 aliphatic carbocycles. The quantitative estimate of drug-likeness (QED) is 0.381. The monoisotopic (exact) mass is 467 g/mol. The molecule has 10 heteroatoms. The number of anilines is 2. The number of hydrogen-bond donors (Lipinski definition) is 2. The summed E-state index contributed by atoms with van der Waals surface area (Å²) in [6, 6.07) is 13.8. The van der Waals surface area contributed by atoms with Crippen LogP contribution in [0.15, 0.2) is 60.8 Å². The summed E-state index contributed by atoms with van der Waals surface area (Å²) in [6.45, 7) is 1.83. The molecule has 3 rings (SSSR count). The number of halogens is 1. The second kappa shape index (κ2) is 10.1. The molecule has 3 aromatic rings. The van der Waals surface area contributed by atoms with Gasteiger partial charge in [-0.2, -0.15) is 0 Å². The number of hydrogen-bond acceptors (Lipinski definition) is 6. The van der Waals surface area contributed by atoms with Crippen LogP contribution in [0.5, 0.6) is 0 Å². The van der Waals surface area contributed by atoms with Crippen molar-refractivity contribution in [3.8, 4) is 0 Å². The van der Waals surface area contributed by atoms with Crippen LogP contribution >= 0.6 is 11.6 Å². The van der Waals surface area contributed by atoms with Crippen LogP contribution in [0.1, 0.15) is 39.4 Å². The molecule has 0 radical (unpaired) electrons. The molecule has 1 atom stereocenters. The number of nitro benzene ring substituents is 1. The van der Waals surface area contributed by atoms with Crippen molar-refractivity contribution in [3.63, 3.8) is 0 Å². The van der Waals surface area contributed by atoms with E-state index in [1.54, 1.807) is 32.4 Å². The highest BCUT2D eigenvalue weighted by atomic mass is 35.5. The van der Waals surface area contributed by atoms with E-state index in [-0.39, 0.29) is 33.9 Å². The van der Waals surface area contributed by atoms with Crippen LogP contribution in [-0.4, -0.2) is 40.7 Å². The summed E-state index contributed by atoms with van der Waals surface area (Å²) in [7, 11) is 3.22. The van der Waals surface area contributed by atoms with Crippen molar-refractivity contribution in [1.82, 2.24) is 9.88 Å². The van der Waals surface area contributed by atoms with Crippen LogP contribution < -0.4 is 10.6 Å². The largest absolute Gasteiger partial charge is 0.371 e. The molecule has 0 spiro atoms. The lowest BCUT2D eigenvalue weighted by molar-refractivity contribution is -0.384. The standard InChI is InChI=1S/C23H22ClN5O4/c1-14(19-6-4-5-11-25-19)26-20-10-7-15(12-21(20)29(32)33)22(30)27-16-8-9-17(18(24)13-16)23(31)28(2)3/h4-14,26H,1-3H3,(H,27,30). The maximum absolute atomic E-state index is 12.7. The van der Waals surface area contributed by atoms with Crippen molar-refractivity contribution in [2.24, 2.45) is 0 Å². The molecular formula is C23H22ClN5O4. The number of rotatable bonds is 7. The fourth-order valence-electron chi connectivity index (χ4n) is 3.10. The Morgan fingerprint density at radius 3 is 2.48 bits per heavy atom. The van der Waals surface area contributed by atoms with E-state index in [9.17, 15) is 19.7 Å². The first kappa shape index (κ1) is 23.7. The van der Waals surface area contributed by atoms with Crippen LogP contribution in [-0.2, 0) is 0 Å². The number of aromatic nitrogens is 1. The van der Waals surface area contributed by atoms with E-state index in [1.165, 1.54) is 35.2 Å². The Kier molecular flexibility index (Phi) is 7.24. The van der Waals surface area contributed by atoms with Gasteiger partial charge < -0.3 is 15.5 Å². The lowest BCUT2D eigenvalue weighted by Crippen LogP contribution is -2.22. The van der Waals surface area contributed by atoms with Gasteiger partial charge in [-0.05, 0) is 49.4 Å². The van der Waals surface area contributed by atoms with Crippen LogP contribution in [0.25, 0.3) is 0 Å². The normalized spacial score (nSPS) is 11.4. The molecule has 0 aliphatic heterocycles. The maximum Gasteiger partial charge on any atom is 0.293 e. The summed E-state index contributed by atoms with van der Waals surface area (Å²) in [6.07, 6.45) is 1.64. The van der Waals surface area contributed by atoms with Crippen molar-refractivity contribution in [2.45, 2.75) is 13.0 Å². The molecule has 1 aromatic heterocycles. The third-order valence-corrected chi connectivity index (χ3v) is 5.14. The van der Waals surface area contributed by atoms with E-state index in [1.807, 2.05) is 19.1 Å². The Morgan fingerprint density at radius 1 is 1.12 bits per heavy atom. The van der Waals surface area contributed by atoms with Gasteiger partial charge in [0.2, 0.25) is 0 Å². The zero-order valence-corrected chi connectivity index (χ0v) is 19.0. The average molecular weight is 468 g/mol. The number of nitrogens with one attached hydrogen (secondary N) is 2. The van der Waals surface area contributed by atoms with E-state index >= 15 is 0 Å². The Labute approximate surface area is 195 Å². The van der Waals surface area contributed by atoms with Crippen molar-refractivity contribution >= 4 is 40.5 Å². The third kappa shape index (κ3) is 5.64. The van der Waals surface area contributed by atoms with Crippen LogP contribution in [0, 0.1) is 10.1 Å². The maximum atomic E-state index is 12.7. The van der Waals surface area contributed by atoms with Gasteiger partial charge in [0.15, 0.2) is 0 Å². The number of pyridine rings is 1. The van der Waals surface area contributed by atoms with Crippen LogP contribution in [0.4, 0.5) is 17.1 Å². The van der Waals surface area contributed by atoms with Gasteiger partial charge in [0.05, 0.1) is 27.2 Å². The van der Waals surface area contributed by atoms with Crippen molar-refractivity contribution in [2.75, 3.05) is 24.7 Å². The van der Waals surface area contributed by atoms with E-state index in [4.69, 9.17) is 11.6 Å². The minimum Gasteiger partial charge on any atom is -0.371 e.